The summed E-state index contributed by atoms with van der Waals surface area (Å²) in [6.45, 7) is 4.82. The van der Waals surface area contributed by atoms with Gasteiger partial charge in [0.2, 0.25) is 11.8 Å². The van der Waals surface area contributed by atoms with Crippen LogP contribution in [0.4, 0.5) is 15.9 Å². The second-order valence-electron chi connectivity index (χ2n) is 7.89. The molecule has 2 amide bonds. The molecule has 0 spiro atoms. The Balaban J connectivity index is 1.40. The fraction of sp³-hybridized carbons (Fsp3) is 0.348. The van der Waals surface area contributed by atoms with Crippen molar-refractivity contribution in [2.24, 2.45) is 5.92 Å². The number of likely N-dealkylation sites (N-methyl/N-ethyl adjacent to an activating group) is 1. The van der Waals surface area contributed by atoms with Crippen molar-refractivity contribution in [2.45, 2.75) is 20.4 Å². The fourth-order valence-electron chi connectivity index (χ4n) is 2.88. The molecule has 2 aromatic heterocycles. The first-order chi connectivity index (χ1) is 16.3. The molecule has 0 saturated carbocycles. The maximum absolute atomic E-state index is 13.0. The van der Waals surface area contributed by atoms with Crippen LogP contribution >= 0.6 is 0 Å². The smallest absolute Gasteiger partial charge is 0.310 e. The van der Waals surface area contributed by atoms with Gasteiger partial charge in [-0.3, -0.25) is 14.3 Å². The molecule has 0 bridgehead atoms. The number of carbonyl (C=O) groups excluding carboxylic acids is 2. The number of hydrogen-bond donors (Lipinski definition) is 2. The van der Waals surface area contributed by atoms with Crippen molar-refractivity contribution in [3.05, 3.63) is 60.6 Å². The maximum Gasteiger partial charge on any atom is 0.310 e. The highest BCUT2D eigenvalue weighted by molar-refractivity contribution is 5.92. The molecule has 0 aliphatic carbocycles. The van der Waals surface area contributed by atoms with Gasteiger partial charge >= 0.3 is 6.08 Å². The number of hydrogen-bond acceptors (Lipinski definition) is 7. The minimum atomic E-state index is -0.839. The van der Waals surface area contributed by atoms with E-state index in [0.29, 0.717) is 24.7 Å². The molecule has 180 valence electrons. The standard InChI is InChI=1S/C23H28FN7O3/c1-16-4-6-19(7-5-16)34-11-10-30(3)21(32)15-31-14-18(13-27-31)28-22(33)17(2)12-26-20-8-9-25-23(24)29-20/h4-9,13-14,17H,10-12,15H2,1-3H3,(H,28,33)(H,25,26,29)/t17-/m1/s1. The molecule has 0 saturated heterocycles. The van der Waals surface area contributed by atoms with Crippen LogP contribution in [0.2, 0.25) is 0 Å². The van der Waals surface area contributed by atoms with Gasteiger partial charge in [-0.15, -0.1) is 0 Å². The molecule has 0 fully saturated rings. The summed E-state index contributed by atoms with van der Waals surface area (Å²) in [7, 11) is 1.70. The van der Waals surface area contributed by atoms with Crippen LogP contribution < -0.4 is 15.4 Å². The van der Waals surface area contributed by atoms with Crippen molar-refractivity contribution in [1.82, 2.24) is 24.6 Å². The second kappa shape index (κ2) is 11.7. The van der Waals surface area contributed by atoms with E-state index in [9.17, 15) is 14.0 Å². The van der Waals surface area contributed by atoms with Crippen LogP contribution in [0.5, 0.6) is 5.75 Å². The molecular formula is C23H28FN7O3. The minimum Gasteiger partial charge on any atom is -0.492 e. The summed E-state index contributed by atoms with van der Waals surface area (Å²) in [4.78, 5) is 33.4. The summed E-state index contributed by atoms with van der Waals surface area (Å²) in [5.41, 5.74) is 1.63. The maximum atomic E-state index is 13.0. The number of rotatable bonds is 11. The molecule has 1 atom stereocenters. The van der Waals surface area contributed by atoms with Crippen molar-refractivity contribution in [2.75, 3.05) is 37.4 Å². The summed E-state index contributed by atoms with van der Waals surface area (Å²) in [5, 5.41) is 9.79. The fourth-order valence-corrected chi connectivity index (χ4v) is 2.88. The van der Waals surface area contributed by atoms with Gasteiger partial charge in [0.1, 0.15) is 24.7 Å². The van der Waals surface area contributed by atoms with Gasteiger partial charge in [0.15, 0.2) is 0 Å². The monoisotopic (exact) mass is 469 g/mol. The first-order valence-electron chi connectivity index (χ1n) is 10.8. The van der Waals surface area contributed by atoms with Crippen molar-refractivity contribution < 1.29 is 18.7 Å². The molecule has 34 heavy (non-hydrogen) atoms. The summed E-state index contributed by atoms with van der Waals surface area (Å²) in [5.74, 6) is 0.239. The number of aryl methyl sites for hydroxylation is 1. The summed E-state index contributed by atoms with van der Waals surface area (Å²) < 4.78 is 20.2. The lowest BCUT2D eigenvalue weighted by atomic mass is 10.1. The molecule has 0 aliphatic heterocycles. The Bertz CT molecular complexity index is 1100. The van der Waals surface area contributed by atoms with Crippen LogP contribution in [0.15, 0.2) is 48.9 Å². The van der Waals surface area contributed by atoms with Crippen molar-refractivity contribution in [3.63, 3.8) is 0 Å². The Labute approximate surface area is 197 Å². The molecule has 1 aromatic carbocycles. The molecule has 2 heterocycles. The van der Waals surface area contributed by atoms with E-state index >= 15 is 0 Å². The first kappa shape index (κ1) is 24.6. The van der Waals surface area contributed by atoms with Crippen molar-refractivity contribution >= 4 is 23.3 Å². The normalized spacial score (nSPS) is 11.5. The van der Waals surface area contributed by atoms with E-state index in [4.69, 9.17) is 4.74 Å². The van der Waals surface area contributed by atoms with E-state index in [1.807, 2.05) is 31.2 Å². The SMILES string of the molecule is Cc1ccc(OCCN(C)C(=O)Cn2cc(NC(=O)[C@H](C)CNc3ccnc(F)n3)cn2)cc1. The lowest BCUT2D eigenvalue weighted by Gasteiger charge is -2.17. The number of benzene rings is 1. The number of aromatic nitrogens is 4. The quantitative estimate of drug-likeness (QED) is 0.414. The number of amides is 2. The molecular weight excluding hydrogens is 441 g/mol. The predicted octanol–water partition coefficient (Wildman–Crippen LogP) is 2.34. The van der Waals surface area contributed by atoms with Crippen LogP contribution in [-0.2, 0) is 16.1 Å². The van der Waals surface area contributed by atoms with E-state index in [1.54, 1.807) is 25.1 Å². The lowest BCUT2D eigenvalue weighted by Crippen LogP contribution is -2.33. The number of nitrogens with one attached hydrogen (secondary N) is 2. The molecule has 0 radical (unpaired) electrons. The van der Waals surface area contributed by atoms with Crippen LogP contribution in [0.1, 0.15) is 12.5 Å². The van der Waals surface area contributed by atoms with E-state index < -0.39 is 12.0 Å². The zero-order chi connectivity index (χ0) is 24.5. The third kappa shape index (κ3) is 7.54. The number of carbonyl (C=O) groups is 2. The summed E-state index contributed by atoms with van der Waals surface area (Å²) in [6.07, 6.45) is 3.52. The highest BCUT2D eigenvalue weighted by Gasteiger charge is 2.15. The van der Waals surface area contributed by atoms with E-state index in [2.05, 4.69) is 25.7 Å². The molecule has 10 nitrogen and oxygen atoms in total. The van der Waals surface area contributed by atoms with Crippen LogP contribution in [-0.4, -0.2) is 63.2 Å². The van der Waals surface area contributed by atoms with Gasteiger partial charge < -0.3 is 20.3 Å². The lowest BCUT2D eigenvalue weighted by molar-refractivity contribution is -0.131. The predicted molar refractivity (Wildman–Crippen MR) is 125 cm³/mol. The minimum absolute atomic E-state index is 0.0350. The third-order valence-electron chi connectivity index (χ3n) is 5.00. The van der Waals surface area contributed by atoms with Crippen molar-refractivity contribution in [1.29, 1.82) is 0 Å². The Morgan fingerprint density at radius 3 is 2.74 bits per heavy atom. The van der Waals surface area contributed by atoms with Crippen molar-refractivity contribution in [3.8, 4) is 5.75 Å². The Morgan fingerprint density at radius 1 is 1.24 bits per heavy atom. The van der Waals surface area contributed by atoms with Gasteiger partial charge in [0.25, 0.3) is 0 Å². The Hall–Kier alpha value is -4.02. The number of halogens is 1. The molecule has 11 heteroatoms. The van der Waals surface area contributed by atoms with Crippen LogP contribution in [0, 0.1) is 18.9 Å². The summed E-state index contributed by atoms with van der Waals surface area (Å²) >= 11 is 0. The highest BCUT2D eigenvalue weighted by atomic mass is 19.1. The van der Waals surface area contributed by atoms with Crippen LogP contribution in [0.25, 0.3) is 0 Å². The van der Waals surface area contributed by atoms with E-state index in [1.165, 1.54) is 23.1 Å². The second-order valence-corrected chi connectivity index (χ2v) is 7.89. The van der Waals surface area contributed by atoms with Gasteiger partial charge in [-0.05, 0) is 25.1 Å². The Kier molecular flexibility index (Phi) is 8.49. The number of anilines is 2. The summed E-state index contributed by atoms with van der Waals surface area (Å²) in [6, 6.07) is 9.23. The number of nitrogens with zero attached hydrogens (tertiary/aromatic N) is 5. The first-order valence-corrected chi connectivity index (χ1v) is 10.8. The zero-order valence-corrected chi connectivity index (χ0v) is 19.4. The molecule has 0 unspecified atom stereocenters. The highest BCUT2D eigenvalue weighted by Crippen LogP contribution is 2.12. The van der Waals surface area contributed by atoms with E-state index in [-0.39, 0.29) is 24.9 Å². The molecule has 2 N–H and O–H groups in total. The Morgan fingerprint density at radius 2 is 2.00 bits per heavy atom. The van der Waals surface area contributed by atoms with Gasteiger partial charge in [-0.1, -0.05) is 24.6 Å². The van der Waals surface area contributed by atoms with E-state index in [0.717, 1.165) is 11.3 Å². The molecule has 3 aromatic rings. The largest absolute Gasteiger partial charge is 0.492 e. The van der Waals surface area contributed by atoms with Gasteiger partial charge in [-0.25, -0.2) is 4.98 Å². The molecule has 3 rings (SSSR count). The average molecular weight is 470 g/mol. The van der Waals surface area contributed by atoms with Crippen LogP contribution in [0.3, 0.4) is 0 Å². The number of ether oxygens (including phenoxy) is 1. The van der Waals surface area contributed by atoms with Gasteiger partial charge in [0.05, 0.1) is 24.3 Å². The topological polar surface area (TPSA) is 114 Å². The van der Waals surface area contributed by atoms with Gasteiger partial charge in [-0.2, -0.15) is 14.5 Å². The zero-order valence-electron chi connectivity index (χ0n) is 19.4. The average Bonchev–Trinajstić information content (AvgIpc) is 3.25. The van der Waals surface area contributed by atoms with Gasteiger partial charge in [0, 0.05) is 26.0 Å². The molecule has 0 aliphatic rings. The third-order valence-corrected chi connectivity index (χ3v) is 5.00.